The number of aromatic nitrogens is 1. The zero-order valence-corrected chi connectivity index (χ0v) is 16.7. The molecule has 3 aliphatic rings. The van der Waals surface area contributed by atoms with Gasteiger partial charge in [0.1, 0.15) is 5.75 Å². The summed E-state index contributed by atoms with van der Waals surface area (Å²) in [7, 11) is 1.63. The van der Waals surface area contributed by atoms with Crippen LogP contribution >= 0.6 is 0 Å². The molecule has 148 valence electrons. The van der Waals surface area contributed by atoms with Crippen LogP contribution in [-0.2, 0) is 0 Å². The summed E-state index contributed by atoms with van der Waals surface area (Å²) in [5, 5.41) is 0. The van der Waals surface area contributed by atoms with E-state index in [2.05, 4.69) is 14.9 Å². The van der Waals surface area contributed by atoms with E-state index in [1.54, 1.807) is 13.3 Å². The minimum atomic E-state index is 0.0842. The quantitative estimate of drug-likeness (QED) is 0.769. The van der Waals surface area contributed by atoms with Crippen molar-refractivity contribution in [1.29, 1.82) is 0 Å². The molecule has 1 fully saturated rings. The van der Waals surface area contributed by atoms with E-state index in [0.29, 0.717) is 17.4 Å². The molecule has 5 rings (SSSR count). The zero-order valence-electron chi connectivity index (χ0n) is 16.7. The highest BCUT2D eigenvalue weighted by Crippen LogP contribution is 2.38. The first-order chi connectivity index (χ1) is 14.2. The van der Waals surface area contributed by atoms with Crippen LogP contribution in [0.25, 0.3) is 11.3 Å². The topological polar surface area (TPSA) is 54.8 Å². The van der Waals surface area contributed by atoms with Crippen LogP contribution in [0.5, 0.6) is 5.75 Å². The average molecular weight is 387 g/mol. The van der Waals surface area contributed by atoms with Crippen LogP contribution in [0, 0.1) is 0 Å². The van der Waals surface area contributed by atoms with Crippen LogP contribution in [0.4, 0.5) is 0 Å². The van der Waals surface area contributed by atoms with Crippen molar-refractivity contribution >= 4 is 12.1 Å². The second kappa shape index (κ2) is 7.47. The Labute approximate surface area is 171 Å². The standard InChI is InChI=1S/C24H25N3O2/c1-29-23-13-16(22-4-2-3-11-26-22)6-10-21(23)24(28)27(19-8-9-19)20-7-5-17-14-25-15-18(17)12-20/h2-4,6,10-11,13,15,19-20H,5,7-9,12,14H2,1H3. The zero-order chi connectivity index (χ0) is 19.8. The van der Waals surface area contributed by atoms with Gasteiger partial charge in [-0.25, -0.2) is 0 Å². The second-order valence-electron chi connectivity index (χ2n) is 8.07. The maximum absolute atomic E-state index is 13.6. The van der Waals surface area contributed by atoms with Gasteiger partial charge >= 0.3 is 0 Å². The van der Waals surface area contributed by atoms with Gasteiger partial charge in [-0.1, -0.05) is 12.1 Å². The summed E-state index contributed by atoms with van der Waals surface area (Å²) in [5.74, 6) is 0.697. The molecule has 2 aliphatic carbocycles. The van der Waals surface area contributed by atoms with E-state index in [1.165, 1.54) is 11.1 Å². The number of hydrogen-bond acceptors (Lipinski definition) is 4. The number of aliphatic imine (C=N–C) groups is 1. The van der Waals surface area contributed by atoms with Gasteiger partial charge in [-0.3, -0.25) is 14.8 Å². The maximum atomic E-state index is 13.6. The van der Waals surface area contributed by atoms with Crippen molar-refractivity contribution in [3.05, 3.63) is 59.3 Å². The highest BCUT2D eigenvalue weighted by Gasteiger charge is 2.40. The number of methoxy groups -OCH3 is 1. The Bertz CT molecular complexity index is 992. The summed E-state index contributed by atoms with van der Waals surface area (Å²) >= 11 is 0. The van der Waals surface area contributed by atoms with Crippen molar-refractivity contribution in [2.24, 2.45) is 4.99 Å². The average Bonchev–Trinajstić information content (AvgIpc) is 3.49. The molecular formula is C24H25N3O2. The summed E-state index contributed by atoms with van der Waals surface area (Å²) in [6.07, 6.45) is 8.97. The number of amides is 1. The molecule has 1 amide bonds. The molecule has 29 heavy (non-hydrogen) atoms. The Balaban J connectivity index is 1.44. The van der Waals surface area contributed by atoms with Gasteiger partial charge in [0.15, 0.2) is 0 Å². The third-order valence-corrected chi connectivity index (χ3v) is 6.18. The molecule has 1 aliphatic heterocycles. The fraction of sp³-hybridized carbons (Fsp3) is 0.375. The molecule has 1 unspecified atom stereocenters. The monoisotopic (exact) mass is 387 g/mol. The van der Waals surface area contributed by atoms with E-state index in [0.717, 1.165) is 49.9 Å². The summed E-state index contributed by atoms with van der Waals surface area (Å²) in [4.78, 5) is 24.6. The van der Waals surface area contributed by atoms with Crippen LogP contribution in [0.2, 0.25) is 0 Å². The van der Waals surface area contributed by atoms with E-state index in [-0.39, 0.29) is 11.9 Å². The first kappa shape index (κ1) is 18.1. The Morgan fingerprint density at radius 1 is 1.14 bits per heavy atom. The number of nitrogens with zero attached hydrogens (tertiary/aromatic N) is 3. The first-order valence-electron chi connectivity index (χ1n) is 10.4. The second-order valence-corrected chi connectivity index (χ2v) is 8.07. The van der Waals surface area contributed by atoms with E-state index < -0.39 is 0 Å². The van der Waals surface area contributed by atoms with E-state index in [9.17, 15) is 4.79 Å². The molecule has 1 aromatic carbocycles. The number of benzene rings is 1. The number of pyridine rings is 1. The van der Waals surface area contributed by atoms with Crippen molar-refractivity contribution in [2.75, 3.05) is 13.7 Å². The number of rotatable bonds is 5. The predicted molar refractivity (Wildman–Crippen MR) is 113 cm³/mol. The minimum Gasteiger partial charge on any atom is -0.496 e. The fourth-order valence-corrected chi connectivity index (χ4v) is 4.51. The number of hydrogen-bond donors (Lipinski definition) is 0. The van der Waals surface area contributed by atoms with Crippen molar-refractivity contribution in [2.45, 2.75) is 44.2 Å². The SMILES string of the molecule is COc1cc(-c2ccccn2)ccc1C(=O)N(C1CC1)C1CCC2=C(C=NC2)C1. The lowest BCUT2D eigenvalue weighted by molar-refractivity contribution is 0.0642. The molecule has 5 nitrogen and oxygen atoms in total. The minimum absolute atomic E-state index is 0.0842. The van der Waals surface area contributed by atoms with Crippen LogP contribution in [0.3, 0.4) is 0 Å². The van der Waals surface area contributed by atoms with Crippen molar-refractivity contribution in [1.82, 2.24) is 9.88 Å². The molecule has 2 aromatic rings. The molecule has 1 atom stereocenters. The molecule has 0 radical (unpaired) electrons. The summed E-state index contributed by atoms with van der Waals surface area (Å²) < 4.78 is 5.63. The highest BCUT2D eigenvalue weighted by atomic mass is 16.5. The fourth-order valence-electron chi connectivity index (χ4n) is 4.51. The predicted octanol–water partition coefficient (Wildman–Crippen LogP) is 4.30. The highest BCUT2D eigenvalue weighted by molar-refractivity contribution is 5.98. The number of carbonyl (C=O) groups excluding carboxylic acids is 1. The van der Waals surface area contributed by atoms with Gasteiger partial charge in [-0.2, -0.15) is 0 Å². The van der Waals surface area contributed by atoms with Crippen molar-refractivity contribution < 1.29 is 9.53 Å². The molecule has 0 N–H and O–H groups in total. The summed E-state index contributed by atoms with van der Waals surface area (Å²) in [6.45, 7) is 0.849. The van der Waals surface area contributed by atoms with Gasteiger partial charge in [-0.15, -0.1) is 0 Å². The van der Waals surface area contributed by atoms with Crippen LogP contribution in [-0.4, -0.2) is 47.7 Å². The van der Waals surface area contributed by atoms with E-state index in [4.69, 9.17) is 4.74 Å². The third kappa shape index (κ3) is 3.46. The summed E-state index contributed by atoms with van der Waals surface area (Å²) in [5.41, 5.74) is 5.26. The van der Waals surface area contributed by atoms with Gasteiger partial charge in [0, 0.05) is 30.1 Å². The number of ether oxygens (including phenoxy) is 1. The Morgan fingerprint density at radius 2 is 2.03 bits per heavy atom. The van der Waals surface area contributed by atoms with Gasteiger partial charge in [-0.05, 0) is 67.5 Å². The van der Waals surface area contributed by atoms with Crippen LogP contribution in [0.15, 0.2) is 58.7 Å². The van der Waals surface area contributed by atoms with E-state index in [1.807, 2.05) is 42.6 Å². The molecule has 0 saturated heterocycles. The molecule has 5 heteroatoms. The molecule has 2 heterocycles. The van der Waals surface area contributed by atoms with Crippen molar-refractivity contribution in [3.63, 3.8) is 0 Å². The maximum Gasteiger partial charge on any atom is 0.258 e. The van der Waals surface area contributed by atoms with Gasteiger partial charge in [0.05, 0.1) is 24.9 Å². The normalized spacial score (nSPS) is 20.5. The summed E-state index contributed by atoms with van der Waals surface area (Å²) in [6, 6.07) is 12.2. The Hall–Kier alpha value is -2.95. The molecule has 1 aromatic heterocycles. The lowest BCUT2D eigenvalue weighted by Gasteiger charge is -2.35. The Morgan fingerprint density at radius 3 is 2.79 bits per heavy atom. The number of carbonyl (C=O) groups is 1. The van der Waals surface area contributed by atoms with Crippen LogP contribution < -0.4 is 4.74 Å². The van der Waals surface area contributed by atoms with E-state index >= 15 is 0 Å². The molecule has 0 bridgehead atoms. The lowest BCUT2D eigenvalue weighted by Crippen LogP contribution is -2.43. The Kier molecular flexibility index (Phi) is 4.66. The van der Waals surface area contributed by atoms with Crippen molar-refractivity contribution in [3.8, 4) is 17.0 Å². The van der Waals surface area contributed by atoms with Gasteiger partial charge < -0.3 is 9.64 Å². The molecule has 1 saturated carbocycles. The van der Waals surface area contributed by atoms with Gasteiger partial charge in [0.25, 0.3) is 5.91 Å². The lowest BCUT2D eigenvalue weighted by atomic mass is 9.88. The molecule has 0 spiro atoms. The molecular weight excluding hydrogens is 362 g/mol. The smallest absolute Gasteiger partial charge is 0.258 e. The third-order valence-electron chi connectivity index (χ3n) is 6.18. The largest absolute Gasteiger partial charge is 0.496 e. The van der Waals surface area contributed by atoms with Crippen LogP contribution in [0.1, 0.15) is 42.5 Å². The first-order valence-corrected chi connectivity index (χ1v) is 10.4. The van der Waals surface area contributed by atoms with Gasteiger partial charge in [0.2, 0.25) is 0 Å².